The van der Waals surface area contributed by atoms with Gasteiger partial charge in [-0.1, -0.05) is 45.1 Å². The van der Waals surface area contributed by atoms with Gasteiger partial charge in [0.1, 0.15) is 5.84 Å². The van der Waals surface area contributed by atoms with E-state index in [4.69, 9.17) is 5.73 Å². The van der Waals surface area contributed by atoms with Gasteiger partial charge in [0.25, 0.3) is 5.91 Å². The number of amidine groups is 1. The van der Waals surface area contributed by atoms with Crippen LogP contribution >= 0.6 is 0 Å². The average Bonchev–Trinajstić information content (AvgIpc) is 2.84. The second kappa shape index (κ2) is 7.02. The van der Waals surface area contributed by atoms with Gasteiger partial charge in [-0.3, -0.25) is 4.79 Å². The van der Waals surface area contributed by atoms with E-state index in [1.807, 2.05) is 32.1 Å². The molecule has 0 aromatic rings. The summed E-state index contributed by atoms with van der Waals surface area (Å²) in [6.45, 7) is 6.07. The molecular weight excluding hydrogens is 238 g/mol. The monoisotopic (exact) mass is 261 g/mol. The molecule has 0 saturated carbocycles. The SMILES string of the molecule is CC/C=C/C=C/C(CC)C1(C(N)=O)C=NC(CC)=N1. The highest BCUT2D eigenvalue weighted by Gasteiger charge is 2.43. The number of primary amides is 1. The third-order valence-corrected chi connectivity index (χ3v) is 3.27. The van der Waals surface area contributed by atoms with E-state index in [-0.39, 0.29) is 5.92 Å². The molecule has 1 rings (SSSR count). The van der Waals surface area contributed by atoms with E-state index in [0.717, 1.165) is 12.8 Å². The van der Waals surface area contributed by atoms with Crippen LogP contribution in [0.25, 0.3) is 0 Å². The first-order valence-corrected chi connectivity index (χ1v) is 6.87. The van der Waals surface area contributed by atoms with E-state index < -0.39 is 11.4 Å². The summed E-state index contributed by atoms with van der Waals surface area (Å²) in [4.78, 5) is 20.5. The van der Waals surface area contributed by atoms with E-state index in [9.17, 15) is 4.79 Å². The zero-order valence-electron chi connectivity index (χ0n) is 12.0. The number of carbonyl (C=O) groups is 1. The molecule has 1 heterocycles. The molecule has 0 saturated heterocycles. The minimum absolute atomic E-state index is 0.0562. The van der Waals surface area contributed by atoms with Crippen LogP contribution in [0.2, 0.25) is 0 Å². The lowest BCUT2D eigenvalue weighted by Gasteiger charge is -2.26. The van der Waals surface area contributed by atoms with Gasteiger partial charge in [-0.2, -0.15) is 0 Å². The fraction of sp³-hybridized carbons (Fsp3) is 0.533. The standard InChI is InChI=1S/C15H23N3O/c1-4-7-8-9-10-12(5-2)15(14(16)19)11-17-13(6-3)18-15/h7-12H,4-6H2,1-3H3,(H2,16,19)/b8-7+,10-9+. The van der Waals surface area contributed by atoms with Gasteiger partial charge in [-0.05, 0) is 12.8 Å². The Bertz CT molecular complexity index is 435. The van der Waals surface area contributed by atoms with Crippen molar-refractivity contribution in [2.24, 2.45) is 21.6 Å². The molecule has 2 unspecified atom stereocenters. The lowest BCUT2D eigenvalue weighted by Crippen LogP contribution is -2.48. The van der Waals surface area contributed by atoms with Crippen molar-refractivity contribution in [2.45, 2.75) is 45.6 Å². The summed E-state index contributed by atoms with van der Waals surface area (Å²) >= 11 is 0. The Morgan fingerprint density at radius 3 is 2.63 bits per heavy atom. The molecule has 2 atom stereocenters. The Hall–Kier alpha value is -1.71. The fourth-order valence-electron chi connectivity index (χ4n) is 2.10. The number of nitrogens with zero attached hydrogens (tertiary/aromatic N) is 2. The van der Waals surface area contributed by atoms with Crippen LogP contribution in [0.3, 0.4) is 0 Å². The lowest BCUT2D eigenvalue weighted by molar-refractivity contribution is -0.121. The van der Waals surface area contributed by atoms with Gasteiger partial charge in [-0.25, -0.2) is 9.98 Å². The second-order valence-electron chi connectivity index (χ2n) is 4.57. The third-order valence-electron chi connectivity index (χ3n) is 3.27. The van der Waals surface area contributed by atoms with Crippen LogP contribution in [0, 0.1) is 5.92 Å². The van der Waals surface area contributed by atoms with Crippen molar-refractivity contribution in [1.82, 2.24) is 0 Å². The van der Waals surface area contributed by atoms with Crippen molar-refractivity contribution >= 4 is 18.0 Å². The maximum Gasteiger partial charge on any atom is 0.251 e. The Balaban J connectivity index is 3.02. The van der Waals surface area contributed by atoms with Gasteiger partial charge in [0.05, 0.1) is 0 Å². The Morgan fingerprint density at radius 2 is 2.16 bits per heavy atom. The third kappa shape index (κ3) is 3.40. The van der Waals surface area contributed by atoms with Crippen LogP contribution in [0.15, 0.2) is 34.3 Å². The molecule has 1 aliphatic rings. The van der Waals surface area contributed by atoms with E-state index in [1.165, 1.54) is 0 Å². The highest BCUT2D eigenvalue weighted by molar-refractivity contribution is 6.12. The predicted octanol–water partition coefficient (Wildman–Crippen LogP) is 2.65. The van der Waals surface area contributed by atoms with Crippen molar-refractivity contribution in [3.63, 3.8) is 0 Å². The summed E-state index contributed by atoms with van der Waals surface area (Å²) in [5.74, 6) is 0.199. The first-order chi connectivity index (χ1) is 9.10. The number of hydrogen-bond acceptors (Lipinski definition) is 3. The number of amides is 1. The van der Waals surface area contributed by atoms with Crippen molar-refractivity contribution in [3.8, 4) is 0 Å². The van der Waals surface area contributed by atoms with Crippen LogP contribution in [0.1, 0.15) is 40.0 Å². The van der Waals surface area contributed by atoms with Crippen LogP contribution in [0.5, 0.6) is 0 Å². The van der Waals surface area contributed by atoms with Crippen molar-refractivity contribution in [1.29, 1.82) is 0 Å². The van der Waals surface area contributed by atoms with E-state index >= 15 is 0 Å². The smallest absolute Gasteiger partial charge is 0.251 e. The minimum atomic E-state index is -1.00. The Labute approximate surface area is 115 Å². The molecule has 1 amide bonds. The molecule has 0 aromatic heterocycles. The molecule has 0 radical (unpaired) electrons. The summed E-state index contributed by atoms with van der Waals surface area (Å²) in [6, 6.07) is 0. The minimum Gasteiger partial charge on any atom is -0.367 e. The van der Waals surface area contributed by atoms with Crippen LogP contribution in [-0.4, -0.2) is 23.5 Å². The number of aliphatic imine (C=N–C) groups is 2. The van der Waals surface area contributed by atoms with Gasteiger partial charge in [0.2, 0.25) is 0 Å². The largest absolute Gasteiger partial charge is 0.367 e. The molecular formula is C15H23N3O. The van der Waals surface area contributed by atoms with Crippen LogP contribution in [0.4, 0.5) is 0 Å². The van der Waals surface area contributed by atoms with Gasteiger partial charge in [0.15, 0.2) is 5.54 Å². The van der Waals surface area contributed by atoms with Crippen molar-refractivity contribution < 1.29 is 4.79 Å². The summed E-state index contributed by atoms with van der Waals surface area (Å²) in [5.41, 5.74) is 4.56. The predicted molar refractivity (Wildman–Crippen MR) is 80.5 cm³/mol. The number of rotatable bonds is 7. The number of carbonyl (C=O) groups excluding carboxylic acids is 1. The second-order valence-corrected chi connectivity index (χ2v) is 4.57. The summed E-state index contributed by atoms with van der Waals surface area (Å²) in [7, 11) is 0. The Morgan fingerprint density at radius 1 is 1.42 bits per heavy atom. The van der Waals surface area contributed by atoms with E-state index in [1.54, 1.807) is 6.21 Å². The molecule has 0 bridgehead atoms. The molecule has 104 valence electrons. The van der Waals surface area contributed by atoms with Crippen LogP contribution < -0.4 is 5.73 Å². The molecule has 4 heteroatoms. The maximum atomic E-state index is 11.8. The van der Waals surface area contributed by atoms with Gasteiger partial charge >= 0.3 is 0 Å². The zero-order chi connectivity index (χ0) is 14.3. The molecule has 1 aliphatic heterocycles. The quantitative estimate of drug-likeness (QED) is 0.703. The first-order valence-electron chi connectivity index (χ1n) is 6.87. The summed E-state index contributed by atoms with van der Waals surface area (Å²) < 4.78 is 0. The molecule has 0 fully saturated rings. The highest BCUT2D eigenvalue weighted by atomic mass is 16.1. The molecule has 0 aliphatic carbocycles. The normalized spacial score (nSPS) is 24.3. The topological polar surface area (TPSA) is 67.8 Å². The highest BCUT2D eigenvalue weighted by Crippen LogP contribution is 2.29. The lowest BCUT2D eigenvalue weighted by atomic mass is 9.82. The summed E-state index contributed by atoms with van der Waals surface area (Å²) in [5, 5.41) is 0. The van der Waals surface area contributed by atoms with Gasteiger partial charge in [-0.15, -0.1) is 0 Å². The molecule has 4 nitrogen and oxygen atoms in total. The molecule has 0 aromatic carbocycles. The number of nitrogens with two attached hydrogens (primary N) is 1. The number of hydrogen-bond donors (Lipinski definition) is 1. The molecule has 2 N–H and O–H groups in total. The Kier molecular flexibility index (Phi) is 5.67. The van der Waals surface area contributed by atoms with E-state index in [2.05, 4.69) is 23.0 Å². The average molecular weight is 261 g/mol. The first kappa shape index (κ1) is 15.3. The van der Waals surface area contributed by atoms with Crippen molar-refractivity contribution in [2.75, 3.05) is 0 Å². The van der Waals surface area contributed by atoms with Gasteiger partial charge < -0.3 is 5.73 Å². The fourth-order valence-corrected chi connectivity index (χ4v) is 2.10. The maximum absolute atomic E-state index is 11.8. The molecule has 0 spiro atoms. The zero-order valence-corrected chi connectivity index (χ0v) is 12.0. The van der Waals surface area contributed by atoms with Crippen molar-refractivity contribution in [3.05, 3.63) is 24.3 Å². The van der Waals surface area contributed by atoms with E-state index in [0.29, 0.717) is 12.3 Å². The molecule has 19 heavy (non-hydrogen) atoms. The summed E-state index contributed by atoms with van der Waals surface area (Å²) in [6.07, 6.45) is 12.1. The van der Waals surface area contributed by atoms with Gasteiger partial charge in [0, 0.05) is 18.6 Å². The number of allylic oxidation sites excluding steroid dienone is 3. The van der Waals surface area contributed by atoms with Crippen LogP contribution in [-0.2, 0) is 4.79 Å².